The maximum absolute atomic E-state index is 12.7. The van der Waals surface area contributed by atoms with Gasteiger partial charge >= 0.3 is 0 Å². The van der Waals surface area contributed by atoms with Gasteiger partial charge in [-0.3, -0.25) is 4.72 Å². The van der Waals surface area contributed by atoms with Crippen molar-refractivity contribution in [1.82, 2.24) is 0 Å². The van der Waals surface area contributed by atoms with Crippen LogP contribution in [-0.4, -0.2) is 15.0 Å². The topological polar surface area (TPSA) is 68.5 Å². The molecule has 4 rings (SSSR count). The van der Waals surface area contributed by atoms with Crippen molar-refractivity contribution in [3.63, 3.8) is 0 Å². The van der Waals surface area contributed by atoms with Crippen LogP contribution in [0.2, 0.25) is 0 Å². The van der Waals surface area contributed by atoms with Crippen molar-refractivity contribution < 1.29 is 17.6 Å². The predicted octanol–water partition coefficient (Wildman–Crippen LogP) is 4.76. The third-order valence-electron chi connectivity index (χ3n) is 4.99. The fourth-order valence-electron chi connectivity index (χ4n) is 3.61. The Balaban J connectivity index is 1.62. The van der Waals surface area contributed by atoms with Crippen molar-refractivity contribution in [3.05, 3.63) is 53.8 Å². The number of hydrogen-bond acceptors (Lipinski definition) is 4. The normalized spacial score (nSPS) is 16.9. The average Bonchev–Trinajstić information content (AvgIpc) is 2.99. The first-order valence-electron chi connectivity index (χ1n) is 9.26. The molecule has 6 heteroatoms. The van der Waals surface area contributed by atoms with E-state index in [0.717, 1.165) is 36.0 Å². The van der Waals surface area contributed by atoms with E-state index in [2.05, 4.69) is 11.6 Å². The van der Waals surface area contributed by atoms with Crippen molar-refractivity contribution in [2.24, 2.45) is 5.92 Å². The van der Waals surface area contributed by atoms with E-state index in [1.54, 1.807) is 30.3 Å². The average molecular weight is 385 g/mol. The minimum Gasteiger partial charge on any atom is -0.494 e. The van der Waals surface area contributed by atoms with E-state index in [-0.39, 0.29) is 4.90 Å². The van der Waals surface area contributed by atoms with Gasteiger partial charge in [-0.15, -0.1) is 0 Å². The van der Waals surface area contributed by atoms with Crippen LogP contribution in [0, 0.1) is 5.92 Å². The summed E-state index contributed by atoms with van der Waals surface area (Å²) < 4.78 is 39.4. The van der Waals surface area contributed by atoms with E-state index < -0.39 is 10.0 Å². The first-order chi connectivity index (χ1) is 13.0. The molecule has 1 atom stereocenters. The van der Waals surface area contributed by atoms with Crippen LogP contribution in [0.25, 0.3) is 11.0 Å². The highest BCUT2D eigenvalue weighted by molar-refractivity contribution is 7.92. The minimum atomic E-state index is -3.66. The van der Waals surface area contributed by atoms with Gasteiger partial charge in [-0.2, -0.15) is 0 Å². The molecule has 1 heterocycles. The predicted molar refractivity (Wildman–Crippen MR) is 106 cm³/mol. The van der Waals surface area contributed by atoms with Crippen LogP contribution >= 0.6 is 0 Å². The summed E-state index contributed by atoms with van der Waals surface area (Å²) in [4.78, 5) is 0.203. The zero-order valence-corrected chi connectivity index (χ0v) is 16.3. The number of fused-ring (bicyclic) bond motifs is 3. The van der Waals surface area contributed by atoms with E-state index >= 15 is 0 Å². The number of anilines is 1. The Morgan fingerprint density at radius 3 is 2.70 bits per heavy atom. The molecule has 0 aliphatic heterocycles. The molecule has 5 nitrogen and oxygen atoms in total. The molecule has 0 spiro atoms. The molecule has 0 saturated carbocycles. The third kappa shape index (κ3) is 3.54. The molecular formula is C21H23NO4S. The molecule has 0 bridgehead atoms. The Hall–Kier alpha value is -2.47. The van der Waals surface area contributed by atoms with Gasteiger partial charge in [0.05, 0.1) is 11.5 Å². The van der Waals surface area contributed by atoms with Crippen molar-refractivity contribution in [2.75, 3.05) is 11.3 Å². The van der Waals surface area contributed by atoms with Crippen LogP contribution < -0.4 is 9.46 Å². The zero-order valence-electron chi connectivity index (χ0n) is 15.5. The smallest absolute Gasteiger partial charge is 0.261 e. The number of benzene rings is 2. The minimum absolute atomic E-state index is 0.203. The number of nitrogens with one attached hydrogen (secondary N) is 1. The standard InChI is InChI=1S/C21H23NO4S/c1-3-25-16-6-8-17(9-7-16)27(23,24)22-15-5-11-20-19(13-15)18-10-4-14(2)12-21(18)26-20/h5-9,11,13-14,22H,3-4,10,12H2,1-2H3/t14-/m1/s1. The SMILES string of the molecule is CCOc1ccc(S(=O)(=O)Nc2ccc3oc4c(c3c2)CC[C@@H](C)C4)cc1. The lowest BCUT2D eigenvalue weighted by Gasteiger charge is -2.16. The molecule has 0 unspecified atom stereocenters. The zero-order chi connectivity index (χ0) is 19.0. The van der Waals surface area contributed by atoms with E-state index in [0.29, 0.717) is 24.0 Å². The Bertz CT molecular complexity index is 1070. The van der Waals surface area contributed by atoms with Crippen LogP contribution in [0.15, 0.2) is 51.8 Å². The second kappa shape index (κ2) is 6.93. The second-order valence-corrected chi connectivity index (χ2v) is 8.76. The second-order valence-electron chi connectivity index (χ2n) is 7.07. The van der Waals surface area contributed by atoms with Crippen LogP contribution in [0.5, 0.6) is 5.75 Å². The Morgan fingerprint density at radius 2 is 1.96 bits per heavy atom. The van der Waals surface area contributed by atoms with Gasteiger partial charge in [-0.1, -0.05) is 6.92 Å². The summed E-state index contributed by atoms with van der Waals surface area (Å²) in [5.41, 5.74) is 2.57. The van der Waals surface area contributed by atoms with Crippen molar-refractivity contribution in [2.45, 2.75) is 38.0 Å². The van der Waals surface area contributed by atoms with Gasteiger partial charge in [0.15, 0.2) is 0 Å². The van der Waals surface area contributed by atoms with Crippen molar-refractivity contribution in [3.8, 4) is 5.75 Å². The van der Waals surface area contributed by atoms with Gasteiger partial charge in [-0.25, -0.2) is 8.42 Å². The summed E-state index contributed by atoms with van der Waals surface area (Å²) in [6.07, 6.45) is 3.04. The summed E-state index contributed by atoms with van der Waals surface area (Å²) in [5, 5.41) is 1.00. The molecule has 2 aromatic carbocycles. The van der Waals surface area contributed by atoms with Gasteiger partial charge in [0, 0.05) is 23.1 Å². The Kier molecular flexibility index (Phi) is 4.60. The lowest BCUT2D eigenvalue weighted by Crippen LogP contribution is -2.13. The molecule has 1 N–H and O–H groups in total. The van der Waals surface area contributed by atoms with E-state index in [1.807, 2.05) is 19.1 Å². The largest absolute Gasteiger partial charge is 0.494 e. The van der Waals surface area contributed by atoms with Crippen LogP contribution in [0.3, 0.4) is 0 Å². The van der Waals surface area contributed by atoms with Crippen molar-refractivity contribution in [1.29, 1.82) is 0 Å². The van der Waals surface area contributed by atoms with Gasteiger partial charge in [0.1, 0.15) is 17.1 Å². The highest BCUT2D eigenvalue weighted by Crippen LogP contribution is 2.35. The number of hydrogen-bond donors (Lipinski definition) is 1. The van der Waals surface area contributed by atoms with Crippen molar-refractivity contribution >= 4 is 26.7 Å². The maximum Gasteiger partial charge on any atom is 0.261 e. The van der Waals surface area contributed by atoms with E-state index in [9.17, 15) is 8.42 Å². The lowest BCUT2D eigenvalue weighted by molar-refractivity contribution is 0.340. The molecule has 1 aromatic heterocycles. The summed E-state index contributed by atoms with van der Waals surface area (Å²) in [5.74, 6) is 2.31. The highest BCUT2D eigenvalue weighted by atomic mass is 32.2. The Labute approximate surface area is 159 Å². The number of sulfonamides is 1. The first kappa shape index (κ1) is 17.9. The van der Waals surface area contributed by atoms with Gasteiger partial charge in [-0.05, 0) is 68.1 Å². The fraction of sp³-hybridized carbons (Fsp3) is 0.333. The first-order valence-corrected chi connectivity index (χ1v) is 10.7. The van der Waals surface area contributed by atoms with Gasteiger partial charge < -0.3 is 9.15 Å². The van der Waals surface area contributed by atoms with Gasteiger partial charge in [0.25, 0.3) is 10.0 Å². The highest BCUT2D eigenvalue weighted by Gasteiger charge is 2.22. The fourth-order valence-corrected chi connectivity index (χ4v) is 4.66. The number of furan rings is 1. The van der Waals surface area contributed by atoms with Crippen LogP contribution in [0.4, 0.5) is 5.69 Å². The molecule has 3 aromatic rings. The summed E-state index contributed by atoms with van der Waals surface area (Å²) in [6.45, 7) is 4.66. The number of rotatable bonds is 5. The van der Waals surface area contributed by atoms with E-state index in [1.165, 1.54) is 5.56 Å². The van der Waals surface area contributed by atoms with Crippen LogP contribution in [-0.2, 0) is 22.9 Å². The summed E-state index contributed by atoms with van der Waals surface area (Å²) in [6, 6.07) is 11.9. The van der Waals surface area contributed by atoms with E-state index in [4.69, 9.17) is 9.15 Å². The molecule has 0 fully saturated rings. The third-order valence-corrected chi connectivity index (χ3v) is 6.39. The maximum atomic E-state index is 12.7. The Morgan fingerprint density at radius 1 is 1.19 bits per heavy atom. The molecule has 0 radical (unpaired) electrons. The monoisotopic (exact) mass is 385 g/mol. The molecule has 27 heavy (non-hydrogen) atoms. The quantitative estimate of drug-likeness (QED) is 0.688. The molecule has 142 valence electrons. The molecule has 1 aliphatic carbocycles. The summed E-state index contributed by atoms with van der Waals surface area (Å²) >= 11 is 0. The molecule has 1 aliphatic rings. The molecule has 0 amide bonds. The lowest BCUT2D eigenvalue weighted by atomic mass is 9.88. The molecule has 0 saturated heterocycles. The molecular weight excluding hydrogens is 362 g/mol. The summed E-state index contributed by atoms with van der Waals surface area (Å²) in [7, 11) is -3.66. The number of aryl methyl sites for hydroxylation is 1. The van der Waals surface area contributed by atoms with Crippen LogP contribution in [0.1, 0.15) is 31.6 Å². The van der Waals surface area contributed by atoms with Gasteiger partial charge in [0.2, 0.25) is 0 Å². The number of ether oxygens (including phenoxy) is 1.